The first-order valence-corrected chi connectivity index (χ1v) is 7.45. The molecule has 2 N–H and O–H groups in total. The molecule has 3 rings (SSSR count). The van der Waals surface area contributed by atoms with Crippen molar-refractivity contribution in [2.45, 2.75) is 38.1 Å². The number of hydrogen-bond acceptors (Lipinski definition) is 4. The standard InChI is InChI=1S/C13H18N4S/c1-3-11(10-6-8-18-12(10)4-1)14-7-2-5-13-15-9-16-17-13/h6,8-9,11,14H,1-5,7H2,(H,15,16,17). The highest BCUT2D eigenvalue weighted by Gasteiger charge is 2.20. The van der Waals surface area contributed by atoms with E-state index in [0.717, 1.165) is 25.2 Å². The predicted molar refractivity (Wildman–Crippen MR) is 72.7 cm³/mol. The van der Waals surface area contributed by atoms with E-state index < -0.39 is 0 Å². The van der Waals surface area contributed by atoms with E-state index in [1.807, 2.05) is 11.3 Å². The largest absolute Gasteiger partial charge is 0.310 e. The summed E-state index contributed by atoms with van der Waals surface area (Å²) in [6, 6.07) is 2.85. The van der Waals surface area contributed by atoms with Crippen LogP contribution in [0.4, 0.5) is 0 Å². The molecule has 5 heteroatoms. The molecule has 96 valence electrons. The molecule has 18 heavy (non-hydrogen) atoms. The summed E-state index contributed by atoms with van der Waals surface area (Å²) in [5.74, 6) is 0.983. The Morgan fingerprint density at radius 3 is 3.39 bits per heavy atom. The van der Waals surface area contributed by atoms with E-state index in [1.54, 1.807) is 11.2 Å². The van der Waals surface area contributed by atoms with Gasteiger partial charge >= 0.3 is 0 Å². The molecule has 4 nitrogen and oxygen atoms in total. The molecule has 0 fully saturated rings. The number of aromatic nitrogens is 3. The summed E-state index contributed by atoms with van der Waals surface area (Å²) in [7, 11) is 0. The van der Waals surface area contributed by atoms with Gasteiger partial charge in [-0.25, -0.2) is 4.98 Å². The molecular formula is C13H18N4S. The molecule has 1 atom stereocenters. The maximum atomic E-state index is 4.14. The first-order chi connectivity index (χ1) is 8.93. The Morgan fingerprint density at radius 1 is 1.50 bits per heavy atom. The van der Waals surface area contributed by atoms with Crippen LogP contribution in [0.25, 0.3) is 0 Å². The minimum Gasteiger partial charge on any atom is -0.310 e. The third-order valence-corrected chi connectivity index (χ3v) is 4.49. The van der Waals surface area contributed by atoms with E-state index in [1.165, 1.54) is 24.8 Å². The van der Waals surface area contributed by atoms with Gasteiger partial charge in [-0.2, -0.15) is 5.10 Å². The van der Waals surface area contributed by atoms with Gasteiger partial charge in [0.1, 0.15) is 12.2 Å². The molecule has 0 aliphatic heterocycles. The number of aryl methyl sites for hydroxylation is 2. The molecule has 0 spiro atoms. The third-order valence-electron chi connectivity index (χ3n) is 3.50. The molecule has 2 aromatic rings. The van der Waals surface area contributed by atoms with Crippen molar-refractivity contribution >= 4 is 11.3 Å². The third kappa shape index (κ3) is 2.62. The van der Waals surface area contributed by atoms with Gasteiger partial charge in [-0.3, -0.25) is 5.10 Å². The lowest BCUT2D eigenvalue weighted by atomic mass is 9.94. The Labute approximate surface area is 111 Å². The second-order valence-electron chi connectivity index (χ2n) is 4.73. The number of H-pyrrole nitrogens is 1. The van der Waals surface area contributed by atoms with Crippen molar-refractivity contribution < 1.29 is 0 Å². The zero-order chi connectivity index (χ0) is 12.2. The number of fused-ring (bicyclic) bond motifs is 1. The van der Waals surface area contributed by atoms with Gasteiger partial charge in [0.15, 0.2) is 0 Å². The van der Waals surface area contributed by atoms with Crippen LogP contribution in [0.2, 0.25) is 0 Å². The Kier molecular flexibility index (Phi) is 3.71. The van der Waals surface area contributed by atoms with Crippen LogP contribution >= 0.6 is 11.3 Å². The summed E-state index contributed by atoms with van der Waals surface area (Å²) < 4.78 is 0. The average molecular weight is 262 g/mol. The van der Waals surface area contributed by atoms with Crippen LogP contribution in [0.1, 0.15) is 41.6 Å². The Hall–Kier alpha value is -1.20. The lowest BCUT2D eigenvalue weighted by molar-refractivity contribution is 0.458. The van der Waals surface area contributed by atoms with Gasteiger partial charge in [-0.05, 0) is 49.2 Å². The maximum Gasteiger partial charge on any atom is 0.137 e. The van der Waals surface area contributed by atoms with Crippen molar-refractivity contribution in [2.24, 2.45) is 0 Å². The molecule has 0 bridgehead atoms. The number of nitrogens with one attached hydrogen (secondary N) is 2. The summed E-state index contributed by atoms with van der Waals surface area (Å²) in [5.41, 5.74) is 1.53. The molecule has 1 aliphatic carbocycles. The van der Waals surface area contributed by atoms with Crippen molar-refractivity contribution in [1.82, 2.24) is 20.5 Å². The second-order valence-corrected chi connectivity index (χ2v) is 5.73. The summed E-state index contributed by atoms with van der Waals surface area (Å²) in [6.07, 6.45) is 7.49. The number of rotatable bonds is 5. The molecule has 1 unspecified atom stereocenters. The molecule has 1 aliphatic rings. The van der Waals surface area contributed by atoms with Crippen molar-refractivity contribution in [3.63, 3.8) is 0 Å². The van der Waals surface area contributed by atoms with Crippen LogP contribution in [-0.2, 0) is 12.8 Å². The van der Waals surface area contributed by atoms with Crippen molar-refractivity contribution in [2.75, 3.05) is 6.54 Å². The van der Waals surface area contributed by atoms with Crippen molar-refractivity contribution in [3.05, 3.63) is 34.0 Å². The van der Waals surface area contributed by atoms with E-state index in [-0.39, 0.29) is 0 Å². The van der Waals surface area contributed by atoms with Crippen LogP contribution in [0.15, 0.2) is 17.8 Å². The minimum absolute atomic E-state index is 0.565. The van der Waals surface area contributed by atoms with Crippen LogP contribution in [0.3, 0.4) is 0 Å². The first-order valence-electron chi connectivity index (χ1n) is 6.57. The molecule has 0 saturated heterocycles. The SMILES string of the molecule is c1n[nH]c(CCCNC2CCCc3sccc32)n1. The van der Waals surface area contributed by atoms with Crippen molar-refractivity contribution in [1.29, 1.82) is 0 Å². The van der Waals surface area contributed by atoms with Crippen LogP contribution in [0, 0.1) is 0 Å². The van der Waals surface area contributed by atoms with Crippen LogP contribution < -0.4 is 5.32 Å². The highest BCUT2D eigenvalue weighted by atomic mass is 32.1. The monoisotopic (exact) mass is 262 g/mol. The van der Waals surface area contributed by atoms with Gasteiger partial charge < -0.3 is 5.32 Å². The normalized spacial score (nSPS) is 18.8. The van der Waals surface area contributed by atoms with Crippen LogP contribution in [0.5, 0.6) is 0 Å². The number of aromatic amines is 1. The van der Waals surface area contributed by atoms with E-state index in [4.69, 9.17) is 0 Å². The van der Waals surface area contributed by atoms with Gasteiger partial charge in [0.2, 0.25) is 0 Å². The molecule has 2 heterocycles. The molecule has 0 saturated carbocycles. The lowest BCUT2D eigenvalue weighted by Crippen LogP contribution is -2.25. The zero-order valence-corrected chi connectivity index (χ0v) is 11.2. The number of hydrogen-bond donors (Lipinski definition) is 2. The molecule has 0 radical (unpaired) electrons. The van der Waals surface area contributed by atoms with Gasteiger partial charge in [0, 0.05) is 17.3 Å². The summed E-state index contributed by atoms with van der Waals surface area (Å²) in [4.78, 5) is 5.71. The average Bonchev–Trinajstić information content (AvgIpc) is 3.05. The molecule has 0 amide bonds. The highest BCUT2D eigenvalue weighted by Crippen LogP contribution is 2.33. The second kappa shape index (κ2) is 5.63. The number of thiophene rings is 1. The van der Waals surface area contributed by atoms with E-state index in [2.05, 4.69) is 31.9 Å². The topological polar surface area (TPSA) is 53.6 Å². The van der Waals surface area contributed by atoms with Crippen LogP contribution in [-0.4, -0.2) is 21.7 Å². The van der Waals surface area contributed by atoms with Gasteiger partial charge in [-0.15, -0.1) is 11.3 Å². The zero-order valence-electron chi connectivity index (χ0n) is 10.4. The fourth-order valence-corrected chi connectivity index (χ4v) is 3.57. The summed E-state index contributed by atoms with van der Waals surface area (Å²) in [6.45, 7) is 1.04. The highest BCUT2D eigenvalue weighted by molar-refractivity contribution is 7.10. The smallest absolute Gasteiger partial charge is 0.137 e. The fourth-order valence-electron chi connectivity index (χ4n) is 2.58. The Morgan fingerprint density at radius 2 is 2.50 bits per heavy atom. The van der Waals surface area contributed by atoms with Gasteiger partial charge in [0.05, 0.1) is 0 Å². The Bertz CT molecular complexity index is 477. The van der Waals surface area contributed by atoms with E-state index >= 15 is 0 Å². The molecule has 0 aromatic carbocycles. The van der Waals surface area contributed by atoms with E-state index in [9.17, 15) is 0 Å². The lowest BCUT2D eigenvalue weighted by Gasteiger charge is -2.23. The summed E-state index contributed by atoms with van der Waals surface area (Å²) >= 11 is 1.90. The number of nitrogens with zero attached hydrogens (tertiary/aromatic N) is 2. The molecular weight excluding hydrogens is 244 g/mol. The maximum absolute atomic E-state index is 4.14. The summed E-state index contributed by atoms with van der Waals surface area (Å²) in [5, 5.41) is 12.7. The van der Waals surface area contributed by atoms with Gasteiger partial charge in [-0.1, -0.05) is 0 Å². The first kappa shape index (κ1) is 11.9. The fraction of sp³-hybridized carbons (Fsp3) is 0.538. The molecule has 2 aromatic heterocycles. The van der Waals surface area contributed by atoms with Gasteiger partial charge in [0.25, 0.3) is 0 Å². The predicted octanol–water partition coefficient (Wildman–Crippen LogP) is 2.47. The minimum atomic E-state index is 0.565. The Balaban J connectivity index is 1.47. The van der Waals surface area contributed by atoms with Crippen molar-refractivity contribution in [3.8, 4) is 0 Å². The quantitative estimate of drug-likeness (QED) is 0.814. The van der Waals surface area contributed by atoms with E-state index in [0.29, 0.717) is 6.04 Å².